The van der Waals surface area contributed by atoms with Gasteiger partial charge in [-0.15, -0.1) is 0 Å². The summed E-state index contributed by atoms with van der Waals surface area (Å²) in [6.07, 6.45) is 0.375. The predicted molar refractivity (Wildman–Crippen MR) is 134 cm³/mol. The molecule has 2 aromatic carbocycles. The number of aryl methyl sites for hydroxylation is 1. The number of nitrogens with one attached hydrogen (secondary N) is 1. The first-order valence-electron chi connectivity index (χ1n) is 12.0. The number of rotatable bonds is 5. The lowest BCUT2D eigenvalue weighted by molar-refractivity contribution is -0.137. The number of alkyl halides is 3. The van der Waals surface area contributed by atoms with Crippen molar-refractivity contribution in [2.45, 2.75) is 38.6 Å². The molecule has 9 heteroatoms. The Labute approximate surface area is 212 Å². The largest absolute Gasteiger partial charge is 0.417 e. The molecule has 37 heavy (non-hydrogen) atoms. The van der Waals surface area contributed by atoms with Crippen molar-refractivity contribution in [3.8, 4) is 22.4 Å². The number of ether oxygens (including phenoxy) is 1. The molecule has 5 rings (SSSR count). The molecule has 4 aromatic rings. The van der Waals surface area contributed by atoms with Crippen molar-refractivity contribution in [3.05, 3.63) is 89.9 Å². The third-order valence-corrected chi connectivity index (χ3v) is 6.34. The number of anilines is 1. The summed E-state index contributed by atoms with van der Waals surface area (Å²) < 4.78 is 49.2. The second-order valence-corrected chi connectivity index (χ2v) is 8.93. The normalized spacial score (nSPS) is 15.9. The fourth-order valence-electron chi connectivity index (χ4n) is 4.53. The van der Waals surface area contributed by atoms with E-state index in [2.05, 4.69) is 15.4 Å². The summed E-state index contributed by atoms with van der Waals surface area (Å²) in [5.41, 5.74) is 2.24. The highest BCUT2D eigenvalue weighted by molar-refractivity contribution is 6.07. The molecular weight excluding hydrogens is 481 g/mol. The Kier molecular flexibility index (Phi) is 6.80. The van der Waals surface area contributed by atoms with Crippen LogP contribution < -0.4 is 5.32 Å². The smallest absolute Gasteiger partial charge is 0.356 e. The minimum Gasteiger partial charge on any atom is -0.356 e. The average molecular weight is 507 g/mol. The van der Waals surface area contributed by atoms with E-state index >= 15 is 0 Å². The number of hydrogen-bond donors (Lipinski definition) is 1. The number of carbonyl (C=O) groups is 1. The van der Waals surface area contributed by atoms with E-state index in [1.807, 2.05) is 43.3 Å². The van der Waals surface area contributed by atoms with Crippen molar-refractivity contribution in [1.82, 2.24) is 14.8 Å². The zero-order valence-electron chi connectivity index (χ0n) is 20.1. The Balaban J connectivity index is 1.52. The van der Waals surface area contributed by atoms with Gasteiger partial charge >= 0.3 is 6.18 Å². The number of amides is 1. The van der Waals surface area contributed by atoms with Crippen LogP contribution in [-0.4, -0.2) is 27.3 Å². The highest BCUT2D eigenvalue weighted by atomic mass is 19.4. The van der Waals surface area contributed by atoms with Gasteiger partial charge in [-0.05, 0) is 62.1 Å². The Morgan fingerprint density at radius 3 is 2.59 bits per heavy atom. The molecule has 1 fully saturated rings. The molecule has 0 saturated carbocycles. The highest BCUT2D eigenvalue weighted by Gasteiger charge is 2.35. The first-order valence-corrected chi connectivity index (χ1v) is 12.0. The SMILES string of the molecule is Cc1cc(-c2ccccc2)c(NC(=O)c2ccc(C(F)(F)F)c(-c3ccnn3C3CCCCO3)c2)cn1. The van der Waals surface area contributed by atoms with Crippen LogP contribution in [0.1, 0.15) is 47.1 Å². The molecule has 1 amide bonds. The number of hydrogen-bond acceptors (Lipinski definition) is 4. The van der Waals surface area contributed by atoms with Crippen molar-refractivity contribution in [3.63, 3.8) is 0 Å². The number of carbonyl (C=O) groups excluding carboxylic acids is 1. The van der Waals surface area contributed by atoms with E-state index in [1.54, 1.807) is 6.20 Å². The van der Waals surface area contributed by atoms with Crippen LogP contribution in [0.3, 0.4) is 0 Å². The average Bonchev–Trinajstić information content (AvgIpc) is 3.40. The molecule has 1 saturated heterocycles. The monoisotopic (exact) mass is 506 g/mol. The lowest BCUT2D eigenvalue weighted by atomic mass is 9.99. The van der Waals surface area contributed by atoms with Gasteiger partial charge in [-0.2, -0.15) is 18.3 Å². The maximum absolute atomic E-state index is 14.0. The van der Waals surface area contributed by atoms with Crippen LogP contribution in [0.5, 0.6) is 0 Å². The summed E-state index contributed by atoms with van der Waals surface area (Å²) in [7, 11) is 0. The Morgan fingerprint density at radius 2 is 1.86 bits per heavy atom. The third-order valence-electron chi connectivity index (χ3n) is 6.34. The summed E-state index contributed by atoms with van der Waals surface area (Å²) in [5.74, 6) is -0.544. The van der Waals surface area contributed by atoms with Gasteiger partial charge in [-0.1, -0.05) is 30.3 Å². The van der Waals surface area contributed by atoms with Gasteiger partial charge in [0, 0.05) is 35.2 Å². The van der Waals surface area contributed by atoms with E-state index < -0.39 is 23.9 Å². The van der Waals surface area contributed by atoms with Crippen molar-refractivity contribution in [2.24, 2.45) is 0 Å². The van der Waals surface area contributed by atoms with Gasteiger partial charge in [0.15, 0.2) is 6.23 Å². The molecule has 0 bridgehead atoms. The standard InChI is InChI=1S/C28H25F3N4O2/c1-18-15-21(19-7-3-2-4-8-19)24(17-32-18)34-27(36)20-10-11-23(28(29,30)31)22(16-20)25-12-13-33-35(25)26-9-5-6-14-37-26/h2-4,7-8,10-13,15-17,26H,5-6,9,14H2,1H3,(H,34,36). The fourth-order valence-corrected chi connectivity index (χ4v) is 4.53. The molecule has 1 aliphatic heterocycles. The molecule has 1 N–H and O–H groups in total. The van der Waals surface area contributed by atoms with Gasteiger partial charge in [0.25, 0.3) is 5.91 Å². The minimum absolute atomic E-state index is 0.0832. The quantitative estimate of drug-likeness (QED) is 0.320. The second kappa shape index (κ2) is 10.2. The molecule has 0 radical (unpaired) electrons. The summed E-state index contributed by atoms with van der Waals surface area (Å²) in [6, 6.07) is 16.2. The first kappa shape index (κ1) is 24.7. The van der Waals surface area contributed by atoms with Crippen molar-refractivity contribution in [2.75, 3.05) is 11.9 Å². The Bertz CT molecular complexity index is 1410. The second-order valence-electron chi connectivity index (χ2n) is 8.93. The van der Waals surface area contributed by atoms with Gasteiger partial charge in [-0.3, -0.25) is 9.78 Å². The number of aromatic nitrogens is 3. The van der Waals surface area contributed by atoms with Gasteiger partial charge < -0.3 is 10.1 Å². The summed E-state index contributed by atoms with van der Waals surface area (Å²) in [6.45, 7) is 2.37. The molecule has 1 aliphatic rings. The lowest BCUT2D eigenvalue weighted by Crippen LogP contribution is -2.21. The third kappa shape index (κ3) is 5.27. The molecule has 3 heterocycles. The van der Waals surface area contributed by atoms with Crippen LogP contribution in [-0.2, 0) is 10.9 Å². The van der Waals surface area contributed by atoms with Crippen LogP contribution in [0, 0.1) is 6.92 Å². The summed E-state index contributed by atoms with van der Waals surface area (Å²) >= 11 is 0. The number of nitrogens with zero attached hydrogens (tertiary/aromatic N) is 3. The molecule has 0 aliphatic carbocycles. The summed E-state index contributed by atoms with van der Waals surface area (Å²) in [5, 5.41) is 7.08. The van der Waals surface area contributed by atoms with E-state index in [4.69, 9.17) is 4.74 Å². The van der Waals surface area contributed by atoms with Crippen LogP contribution >= 0.6 is 0 Å². The molecule has 0 spiro atoms. The topological polar surface area (TPSA) is 69.0 Å². The van der Waals surface area contributed by atoms with Gasteiger partial charge in [-0.25, -0.2) is 4.68 Å². The maximum Gasteiger partial charge on any atom is 0.417 e. The first-order chi connectivity index (χ1) is 17.8. The number of benzene rings is 2. The number of pyridine rings is 1. The highest BCUT2D eigenvalue weighted by Crippen LogP contribution is 2.39. The summed E-state index contributed by atoms with van der Waals surface area (Å²) in [4.78, 5) is 17.6. The molecular formula is C28H25F3N4O2. The predicted octanol–water partition coefficient (Wildman–Crippen LogP) is 6.89. The lowest BCUT2D eigenvalue weighted by Gasteiger charge is -2.25. The van der Waals surface area contributed by atoms with E-state index in [0.29, 0.717) is 18.7 Å². The molecule has 190 valence electrons. The van der Waals surface area contributed by atoms with Crippen molar-refractivity contribution >= 4 is 11.6 Å². The van der Waals surface area contributed by atoms with Crippen LogP contribution in [0.15, 0.2) is 73.1 Å². The van der Waals surface area contributed by atoms with Crippen LogP contribution in [0.25, 0.3) is 22.4 Å². The zero-order valence-corrected chi connectivity index (χ0v) is 20.1. The van der Waals surface area contributed by atoms with E-state index in [0.717, 1.165) is 35.7 Å². The van der Waals surface area contributed by atoms with Crippen molar-refractivity contribution in [1.29, 1.82) is 0 Å². The Morgan fingerprint density at radius 1 is 1.05 bits per heavy atom. The molecule has 2 aromatic heterocycles. The van der Waals surface area contributed by atoms with Crippen LogP contribution in [0.2, 0.25) is 0 Å². The van der Waals surface area contributed by atoms with Crippen molar-refractivity contribution < 1.29 is 22.7 Å². The van der Waals surface area contributed by atoms with Gasteiger partial charge in [0.1, 0.15) is 0 Å². The molecule has 1 atom stereocenters. The number of halogens is 3. The maximum atomic E-state index is 14.0. The van der Waals surface area contributed by atoms with Crippen LogP contribution in [0.4, 0.5) is 18.9 Å². The Hall–Kier alpha value is -3.98. The molecule has 1 unspecified atom stereocenters. The molecule has 6 nitrogen and oxygen atoms in total. The minimum atomic E-state index is -4.62. The van der Waals surface area contributed by atoms with Gasteiger partial charge in [0.2, 0.25) is 0 Å². The van der Waals surface area contributed by atoms with E-state index in [9.17, 15) is 18.0 Å². The zero-order chi connectivity index (χ0) is 26.0. The fraction of sp³-hybridized carbons (Fsp3) is 0.250. The van der Waals surface area contributed by atoms with E-state index in [1.165, 1.54) is 29.1 Å². The van der Waals surface area contributed by atoms with E-state index in [-0.39, 0.29) is 16.8 Å². The van der Waals surface area contributed by atoms with Gasteiger partial charge in [0.05, 0.1) is 23.1 Å².